The zero-order chi connectivity index (χ0) is 25.8. The minimum absolute atomic E-state index is 0.0484. The topological polar surface area (TPSA) is 49.9 Å². The van der Waals surface area contributed by atoms with Gasteiger partial charge in [0, 0.05) is 11.8 Å². The first-order valence-corrected chi connectivity index (χ1v) is 13.4. The fourth-order valence-electron chi connectivity index (χ4n) is 4.34. The van der Waals surface area contributed by atoms with Gasteiger partial charge in [-0.3, -0.25) is 9.14 Å². The van der Waals surface area contributed by atoms with Crippen molar-refractivity contribution in [2.24, 2.45) is 0 Å². The number of benzene rings is 4. The molecule has 0 aliphatic carbocycles. The number of hydrogen-bond acceptors (Lipinski definition) is 4. The first-order valence-electron chi connectivity index (χ1n) is 12.0. The van der Waals surface area contributed by atoms with Crippen LogP contribution in [-0.2, 0) is 21.4 Å². The van der Waals surface area contributed by atoms with E-state index in [1.54, 1.807) is 42.6 Å². The second-order valence-electron chi connectivity index (χ2n) is 8.94. The number of hydroxylamine groups is 1. The van der Waals surface area contributed by atoms with Gasteiger partial charge in [-0.2, -0.15) is 0 Å². The lowest BCUT2D eigenvalue weighted by Crippen LogP contribution is -2.27. The molecule has 1 aliphatic heterocycles. The van der Waals surface area contributed by atoms with E-state index in [1.165, 1.54) is 16.4 Å². The van der Waals surface area contributed by atoms with Crippen molar-refractivity contribution >= 4 is 15.7 Å². The van der Waals surface area contributed by atoms with Gasteiger partial charge in [-0.25, -0.2) is 17.9 Å². The summed E-state index contributed by atoms with van der Waals surface area (Å²) in [5.74, 6) is -0.373. The maximum atomic E-state index is 13.9. The molecular formula is C30H27FN2O3S. The number of nitrogens with zero attached hydrogens (tertiary/aromatic N) is 2. The molecule has 1 unspecified atom stereocenters. The number of aryl methyl sites for hydroxylation is 1. The third-order valence-electron chi connectivity index (χ3n) is 6.27. The monoisotopic (exact) mass is 514 g/mol. The van der Waals surface area contributed by atoms with Gasteiger partial charge in [0.1, 0.15) is 18.5 Å². The van der Waals surface area contributed by atoms with Gasteiger partial charge in [-0.05, 0) is 54.4 Å². The van der Waals surface area contributed by atoms with Crippen molar-refractivity contribution in [1.82, 2.24) is 4.31 Å². The highest BCUT2D eigenvalue weighted by atomic mass is 32.2. The Bertz CT molecular complexity index is 1470. The van der Waals surface area contributed by atoms with E-state index in [0.717, 1.165) is 22.4 Å². The number of sulfonamides is 1. The van der Waals surface area contributed by atoms with Gasteiger partial charge in [0.25, 0.3) is 10.0 Å². The molecule has 1 heterocycles. The smallest absolute Gasteiger partial charge is 0.264 e. The molecule has 37 heavy (non-hydrogen) atoms. The van der Waals surface area contributed by atoms with Crippen LogP contribution >= 0.6 is 0 Å². The van der Waals surface area contributed by atoms with Crippen LogP contribution in [0, 0.1) is 12.7 Å². The lowest BCUT2D eigenvalue weighted by molar-refractivity contribution is 0.162. The minimum Gasteiger partial charge on any atom is -0.269 e. The molecule has 1 aliphatic rings. The molecule has 0 aromatic heterocycles. The molecule has 188 valence electrons. The van der Waals surface area contributed by atoms with Gasteiger partial charge in [-0.1, -0.05) is 78.4 Å². The molecule has 5 rings (SSSR count). The SMILES string of the molecule is Cc1ccc(S(=O)(=O)N(/C=C2\CON(c3ccccc3)C2c2ccccc2)Cc2ccc(F)cc2)cc1. The molecule has 1 fully saturated rings. The van der Waals surface area contributed by atoms with Gasteiger partial charge in [0.05, 0.1) is 17.1 Å². The predicted molar refractivity (Wildman–Crippen MR) is 142 cm³/mol. The minimum atomic E-state index is -3.91. The van der Waals surface area contributed by atoms with E-state index in [9.17, 15) is 12.8 Å². The lowest BCUT2D eigenvalue weighted by Gasteiger charge is -2.27. The van der Waals surface area contributed by atoms with Gasteiger partial charge in [0.15, 0.2) is 0 Å². The Morgan fingerprint density at radius 3 is 2.16 bits per heavy atom. The zero-order valence-electron chi connectivity index (χ0n) is 20.4. The number of anilines is 1. The standard InChI is InChI=1S/C30H27FN2O3S/c1-23-12-18-29(19-13-23)37(34,35)32(20-24-14-16-27(31)17-15-24)21-26-22-36-33(28-10-6-3-7-11-28)30(26)25-8-4-2-5-9-25/h2-19,21,30H,20,22H2,1H3/b26-21+. The Kier molecular flexibility index (Phi) is 7.08. The molecule has 0 saturated carbocycles. The maximum absolute atomic E-state index is 13.9. The summed E-state index contributed by atoms with van der Waals surface area (Å²) in [7, 11) is -3.91. The van der Waals surface area contributed by atoms with Crippen LogP contribution in [0.1, 0.15) is 22.7 Å². The lowest BCUT2D eigenvalue weighted by atomic mass is 10.00. The van der Waals surface area contributed by atoms with Crippen LogP contribution < -0.4 is 5.06 Å². The fourth-order valence-corrected chi connectivity index (χ4v) is 5.68. The molecule has 7 heteroatoms. The van der Waals surface area contributed by atoms with Crippen molar-refractivity contribution in [3.8, 4) is 0 Å². The summed E-state index contributed by atoms with van der Waals surface area (Å²) in [6.07, 6.45) is 1.67. The Morgan fingerprint density at radius 2 is 1.51 bits per heavy atom. The van der Waals surface area contributed by atoms with Crippen molar-refractivity contribution in [3.05, 3.63) is 143 Å². The van der Waals surface area contributed by atoms with E-state index in [1.807, 2.05) is 72.7 Å². The maximum Gasteiger partial charge on any atom is 0.264 e. The molecule has 4 aromatic rings. The van der Waals surface area contributed by atoms with Crippen LogP contribution in [0.2, 0.25) is 0 Å². The van der Waals surface area contributed by atoms with E-state index < -0.39 is 10.0 Å². The Labute approximate surface area is 217 Å². The Morgan fingerprint density at radius 1 is 0.892 bits per heavy atom. The average molecular weight is 515 g/mol. The van der Waals surface area contributed by atoms with Crippen LogP contribution in [0.15, 0.2) is 126 Å². The first kappa shape index (κ1) is 24.7. The summed E-state index contributed by atoms with van der Waals surface area (Å²) in [5.41, 5.74) is 4.27. The molecule has 0 bridgehead atoms. The van der Waals surface area contributed by atoms with E-state index in [4.69, 9.17) is 4.84 Å². The Balaban J connectivity index is 1.59. The summed E-state index contributed by atoms with van der Waals surface area (Å²) in [6.45, 7) is 2.18. The number of halogens is 1. The third kappa shape index (κ3) is 5.43. The second kappa shape index (κ2) is 10.6. The van der Waals surface area contributed by atoms with E-state index >= 15 is 0 Å². The highest BCUT2D eigenvalue weighted by Crippen LogP contribution is 2.39. The first-order chi connectivity index (χ1) is 17.9. The normalized spacial score (nSPS) is 16.8. The highest BCUT2D eigenvalue weighted by molar-refractivity contribution is 7.89. The summed E-state index contributed by atoms with van der Waals surface area (Å²) < 4.78 is 42.6. The molecule has 0 amide bonds. The van der Waals surface area contributed by atoms with E-state index in [0.29, 0.717) is 5.56 Å². The quantitative estimate of drug-likeness (QED) is 0.286. The summed E-state index contributed by atoms with van der Waals surface area (Å²) in [4.78, 5) is 6.30. The van der Waals surface area contributed by atoms with Gasteiger partial charge < -0.3 is 0 Å². The van der Waals surface area contributed by atoms with Crippen LogP contribution in [0.4, 0.5) is 10.1 Å². The molecule has 0 N–H and O–H groups in total. The predicted octanol–water partition coefficient (Wildman–Crippen LogP) is 6.40. The third-order valence-corrected chi connectivity index (χ3v) is 7.99. The molecule has 5 nitrogen and oxygen atoms in total. The summed E-state index contributed by atoms with van der Waals surface area (Å²) in [6, 6.07) is 31.9. The number of rotatable bonds is 7. The van der Waals surface area contributed by atoms with Gasteiger partial charge in [-0.15, -0.1) is 0 Å². The fraction of sp³-hybridized carbons (Fsp3) is 0.133. The molecule has 0 radical (unpaired) electrons. The largest absolute Gasteiger partial charge is 0.269 e. The number of hydrogen-bond donors (Lipinski definition) is 0. The molecule has 0 spiro atoms. The molecule has 4 aromatic carbocycles. The van der Waals surface area contributed by atoms with Crippen LogP contribution in [0.3, 0.4) is 0 Å². The van der Waals surface area contributed by atoms with E-state index in [-0.39, 0.29) is 29.9 Å². The van der Waals surface area contributed by atoms with Crippen molar-refractivity contribution in [1.29, 1.82) is 0 Å². The summed E-state index contributed by atoms with van der Waals surface area (Å²) in [5, 5.41) is 1.82. The molecular weight excluding hydrogens is 487 g/mol. The highest BCUT2D eigenvalue weighted by Gasteiger charge is 2.34. The van der Waals surface area contributed by atoms with Crippen molar-refractivity contribution in [2.45, 2.75) is 24.4 Å². The van der Waals surface area contributed by atoms with Gasteiger partial charge >= 0.3 is 0 Å². The van der Waals surface area contributed by atoms with Crippen molar-refractivity contribution in [2.75, 3.05) is 11.7 Å². The molecule has 1 saturated heterocycles. The van der Waals surface area contributed by atoms with Crippen LogP contribution in [0.5, 0.6) is 0 Å². The van der Waals surface area contributed by atoms with Crippen LogP contribution in [0.25, 0.3) is 0 Å². The average Bonchev–Trinajstić information content (AvgIpc) is 3.34. The molecule has 1 atom stereocenters. The zero-order valence-corrected chi connectivity index (χ0v) is 21.2. The van der Waals surface area contributed by atoms with Crippen molar-refractivity contribution in [3.63, 3.8) is 0 Å². The second-order valence-corrected chi connectivity index (χ2v) is 10.8. The van der Waals surface area contributed by atoms with E-state index in [2.05, 4.69) is 0 Å². The van der Waals surface area contributed by atoms with Gasteiger partial charge in [0.2, 0.25) is 0 Å². The number of para-hydroxylation sites is 1. The summed E-state index contributed by atoms with van der Waals surface area (Å²) >= 11 is 0. The Hall–Kier alpha value is -3.94. The van der Waals surface area contributed by atoms with Crippen LogP contribution in [-0.4, -0.2) is 19.3 Å². The van der Waals surface area contributed by atoms with Crippen molar-refractivity contribution < 1.29 is 17.6 Å².